The average molecular weight is 206 g/mol. The third-order valence-corrected chi connectivity index (χ3v) is 2.96. The zero-order valence-corrected chi connectivity index (χ0v) is 9.11. The van der Waals surface area contributed by atoms with E-state index in [4.69, 9.17) is 0 Å². The molecule has 2 rings (SSSR count). The largest absolute Gasteiger partial charge is 0.393 e. The summed E-state index contributed by atoms with van der Waals surface area (Å²) >= 11 is 0. The molecule has 0 amide bonds. The number of hydrogen-bond acceptors (Lipinski definition) is 3. The second-order valence-corrected chi connectivity index (χ2v) is 4.37. The Labute approximate surface area is 90.5 Å². The monoisotopic (exact) mass is 206 g/mol. The molecule has 1 saturated carbocycles. The van der Waals surface area contributed by atoms with Crippen LogP contribution in [0.4, 0.5) is 5.82 Å². The van der Waals surface area contributed by atoms with Crippen LogP contribution in [0.1, 0.15) is 31.2 Å². The van der Waals surface area contributed by atoms with Gasteiger partial charge in [-0.25, -0.2) is 4.98 Å². The number of pyridine rings is 1. The lowest BCUT2D eigenvalue weighted by molar-refractivity contribution is 0.126. The lowest BCUT2D eigenvalue weighted by Gasteiger charge is -2.26. The summed E-state index contributed by atoms with van der Waals surface area (Å²) in [6, 6.07) is 4.53. The first-order valence-corrected chi connectivity index (χ1v) is 5.61. The normalized spacial score (nSPS) is 26.3. The summed E-state index contributed by atoms with van der Waals surface area (Å²) in [5, 5.41) is 12.8. The third kappa shape index (κ3) is 2.93. The summed E-state index contributed by atoms with van der Waals surface area (Å²) < 4.78 is 0. The van der Waals surface area contributed by atoms with Crippen LogP contribution < -0.4 is 5.32 Å². The van der Waals surface area contributed by atoms with Gasteiger partial charge in [-0.3, -0.25) is 0 Å². The van der Waals surface area contributed by atoms with Gasteiger partial charge in [0.05, 0.1) is 6.10 Å². The maximum absolute atomic E-state index is 9.39. The Morgan fingerprint density at radius 1 is 1.33 bits per heavy atom. The van der Waals surface area contributed by atoms with E-state index in [0.29, 0.717) is 6.04 Å². The number of nitrogens with zero attached hydrogens (tertiary/aromatic N) is 1. The highest BCUT2D eigenvalue weighted by Gasteiger charge is 2.19. The van der Waals surface area contributed by atoms with Crippen molar-refractivity contribution >= 4 is 5.82 Å². The smallest absolute Gasteiger partial charge is 0.126 e. The van der Waals surface area contributed by atoms with Crippen molar-refractivity contribution in [2.75, 3.05) is 5.32 Å². The molecule has 1 aliphatic rings. The molecule has 1 aliphatic carbocycles. The van der Waals surface area contributed by atoms with Crippen LogP contribution in [0.25, 0.3) is 0 Å². The zero-order chi connectivity index (χ0) is 10.7. The van der Waals surface area contributed by atoms with E-state index < -0.39 is 0 Å². The van der Waals surface area contributed by atoms with Gasteiger partial charge >= 0.3 is 0 Å². The third-order valence-electron chi connectivity index (χ3n) is 2.96. The topological polar surface area (TPSA) is 45.2 Å². The van der Waals surface area contributed by atoms with Gasteiger partial charge in [0, 0.05) is 12.2 Å². The van der Waals surface area contributed by atoms with Gasteiger partial charge in [-0.15, -0.1) is 0 Å². The van der Waals surface area contributed by atoms with Gasteiger partial charge in [0.15, 0.2) is 0 Å². The first kappa shape index (κ1) is 10.4. The van der Waals surface area contributed by atoms with Crippen LogP contribution in [0.3, 0.4) is 0 Å². The zero-order valence-electron chi connectivity index (χ0n) is 9.11. The Kier molecular flexibility index (Phi) is 3.21. The molecule has 1 aromatic heterocycles. The first-order valence-electron chi connectivity index (χ1n) is 5.61. The molecule has 1 aromatic rings. The van der Waals surface area contributed by atoms with Crippen LogP contribution in [0.2, 0.25) is 0 Å². The average Bonchev–Trinajstić information content (AvgIpc) is 2.22. The molecule has 0 bridgehead atoms. The Morgan fingerprint density at radius 3 is 2.73 bits per heavy atom. The predicted octanol–water partition coefficient (Wildman–Crippen LogP) is 2.11. The van der Waals surface area contributed by atoms with Crippen molar-refractivity contribution in [2.45, 2.75) is 44.8 Å². The molecular weight excluding hydrogens is 188 g/mol. The Morgan fingerprint density at radius 2 is 2.07 bits per heavy atom. The van der Waals surface area contributed by atoms with Crippen molar-refractivity contribution in [1.82, 2.24) is 4.98 Å². The van der Waals surface area contributed by atoms with E-state index in [0.717, 1.165) is 31.5 Å². The fraction of sp³-hybridized carbons (Fsp3) is 0.583. The van der Waals surface area contributed by atoms with Crippen molar-refractivity contribution in [3.63, 3.8) is 0 Å². The van der Waals surface area contributed by atoms with Crippen molar-refractivity contribution in [3.8, 4) is 0 Å². The molecule has 3 nitrogen and oxygen atoms in total. The minimum Gasteiger partial charge on any atom is -0.393 e. The van der Waals surface area contributed by atoms with Crippen LogP contribution in [0.15, 0.2) is 18.3 Å². The number of hydrogen-bond donors (Lipinski definition) is 2. The molecule has 82 valence electrons. The van der Waals surface area contributed by atoms with E-state index >= 15 is 0 Å². The highest BCUT2D eigenvalue weighted by atomic mass is 16.3. The van der Waals surface area contributed by atoms with Crippen LogP contribution >= 0.6 is 0 Å². The molecular formula is C12H18N2O. The van der Waals surface area contributed by atoms with Crippen LogP contribution in [-0.2, 0) is 0 Å². The quantitative estimate of drug-likeness (QED) is 0.779. The molecule has 3 heteroatoms. The van der Waals surface area contributed by atoms with E-state index in [1.807, 2.05) is 12.3 Å². The fourth-order valence-electron chi connectivity index (χ4n) is 2.04. The minimum absolute atomic E-state index is 0.0893. The second kappa shape index (κ2) is 4.62. The molecule has 0 spiro atoms. The van der Waals surface area contributed by atoms with Crippen molar-refractivity contribution in [3.05, 3.63) is 23.9 Å². The maximum atomic E-state index is 9.39. The molecule has 0 saturated heterocycles. The molecule has 0 atom stereocenters. The number of aliphatic hydroxyl groups is 1. The van der Waals surface area contributed by atoms with Gasteiger partial charge in [-0.1, -0.05) is 0 Å². The van der Waals surface area contributed by atoms with Crippen molar-refractivity contribution in [2.24, 2.45) is 0 Å². The van der Waals surface area contributed by atoms with E-state index in [1.54, 1.807) is 0 Å². The SMILES string of the molecule is Cc1ccnc(NC2CCC(O)CC2)c1. The van der Waals surface area contributed by atoms with E-state index in [1.165, 1.54) is 5.56 Å². The fourth-order valence-corrected chi connectivity index (χ4v) is 2.04. The standard InChI is InChI=1S/C12H18N2O/c1-9-6-7-13-12(8-9)14-10-2-4-11(15)5-3-10/h6-8,10-11,15H,2-5H2,1H3,(H,13,14). The molecule has 1 fully saturated rings. The van der Waals surface area contributed by atoms with E-state index in [-0.39, 0.29) is 6.10 Å². The van der Waals surface area contributed by atoms with Gasteiger partial charge in [0.1, 0.15) is 5.82 Å². The predicted molar refractivity (Wildman–Crippen MR) is 60.9 cm³/mol. The van der Waals surface area contributed by atoms with Crippen molar-refractivity contribution < 1.29 is 5.11 Å². The summed E-state index contributed by atoms with van der Waals surface area (Å²) in [7, 11) is 0. The van der Waals surface area contributed by atoms with Gasteiger partial charge in [-0.05, 0) is 50.3 Å². The summed E-state index contributed by atoms with van der Waals surface area (Å²) in [4.78, 5) is 4.28. The molecule has 2 N–H and O–H groups in total. The lowest BCUT2D eigenvalue weighted by Crippen LogP contribution is -2.28. The number of aliphatic hydroxyl groups excluding tert-OH is 1. The Balaban J connectivity index is 1.92. The molecule has 0 aliphatic heterocycles. The lowest BCUT2D eigenvalue weighted by atomic mass is 9.93. The van der Waals surface area contributed by atoms with Gasteiger partial charge in [0.25, 0.3) is 0 Å². The van der Waals surface area contributed by atoms with E-state index in [2.05, 4.69) is 23.3 Å². The number of aryl methyl sites for hydroxylation is 1. The number of aromatic nitrogens is 1. The Bertz CT molecular complexity index is 319. The van der Waals surface area contributed by atoms with Gasteiger partial charge in [-0.2, -0.15) is 0 Å². The highest BCUT2D eigenvalue weighted by molar-refractivity contribution is 5.38. The first-order chi connectivity index (χ1) is 7.24. The van der Waals surface area contributed by atoms with Crippen LogP contribution in [0.5, 0.6) is 0 Å². The molecule has 0 aromatic carbocycles. The van der Waals surface area contributed by atoms with Gasteiger partial charge in [0.2, 0.25) is 0 Å². The van der Waals surface area contributed by atoms with Crippen molar-refractivity contribution in [1.29, 1.82) is 0 Å². The Hall–Kier alpha value is -1.09. The summed E-state index contributed by atoms with van der Waals surface area (Å²) in [5.41, 5.74) is 1.23. The molecule has 15 heavy (non-hydrogen) atoms. The summed E-state index contributed by atoms with van der Waals surface area (Å²) in [6.07, 6.45) is 5.63. The van der Waals surface area contributed by atoms with Crippen LogP contribution in [0, 0.1) is 6.92 Å². The maximum Gasteiger partial charge on any atom is 0.126 e. The molecule has 0 radical (unpaired) electrons. The van der Waals surface area contributed by atoms with Gasteiger partial charge < -0.3 is 10.4 Å². The number of rotatable bonds is 2. The second-order valence-electron chi connectivity index (χ2n) is 4.37. The van der Waals surface area contributed by atoms with Crippen LogP contribution in [-0.4, -0.2) is 22.2 Å². The molecule has 0 unspecified atom stereocenters. The summed E-state index contributed by atoms with van der Waals surface area (Å²) in [6.45, 7) is 2.07. The highest BCUT2D eigenvalue weighted by Crippen LogP contribution is 2.21. The number of nitrogens with one attached hydrogen (secondary N) is 1. The minimum atomic E-state index is -0.0893. The molecule has 1 heterocycles. The summed E-state index contributed by atoms with van der Waals surface area (Å²) in [5.74, 6) is 0.955. The van der Waals surface area contributed by atoms with E-state index in [9.17, 15) is 5.11 Å². The number of anilines is 1.